The molecule has 82 valence electrons. The third kappa shape index (κ3) is 2.44. The molecule has 3 nitrogen and oxygen atoms in total. The van der Waals surface area contributed by atoms with Gasteiger partial charge in [-0.25, -0.2) is 4.98 Å². The van der Waals surface area contributed by atoms with Crippen molar-refractivity contribution in [2.45, 2.75) is 32.6 Å². The van der Waals surface area contributed by atoms with Gasteiger partial charge in [0.15, 0.2) is 5.78 Å². The summed E-state index contributed by atoms with van der Waals surface area (Å²) in [5.41, 5.74) is 1.02. The van der Waals surface area contributed by atoms with E-state index in [1.54, 1.807) is 11.3 Å². The Balaban J connectivity index is 2.05. The maximum Gasteiger partial charge on any atom is 0.174 e. The average molecular weight is 225 g/mol. The summed E-state index contributed by atoms with van der Waals surface area (Å²) >= 11 is 1.55. The van der Waals surface area contributed by atoms with Crippen LogP contribution in [0, 0.1) is 0 Å². The second-order valence-corrected chi connectivity index (χ2v) is 4.69. The van der Waals surface area contributed by atoms with Gasteiger partial charge >= 0.3 is 0 Å². The van der Waals surface area contributed by atoms with Crippen LogP contribution in [0.2, 0.25) is 0 Å². The Bertz CT molecular complexity index is 359. The van der Waals surface area contributed by atoms with E-state index in [0.29, 0.717) is 13.0 Å². The van der Waals surface area contributed by atoms with Crippen molar-refractivity contribution in [3.63, 3.8) is 0 Å². The number of carbonyl (C=O) groups is 1. The lowest BCUT2D eigenvalue weighted by Gasteiger charge is -2.06. The normalized spacial score (nSPS) is 15.4. The van der Waals surface area contributed by atoms with Gasteiger partial charge in [0.2, 0.25) is 0 Å². The molecule has 0 N–H and O–H groups in total. The molecule has 0 saturated carbocycles. The van der Waals surface area contributed by atoms with Crippen molar-refractivity contribution in [3.8, 4) is 0 Å². The van der Waals surface area contributed by atoms with Gasteiger partial charge in [-0.05, 0) is 19.8 Å². The molecule has 0 saturated heterocycles. The van der Waals surface area contributed by atoms with Crippen LogP contribution < -0.4 is 0 Å². The Labute approximate surface area is 93.5 Å². The lowest BCUT2D eigenvalue weighted by Crippen LogP contribution is -2.07. The minimum atomic E-state index is 0.274. The van der Waals surface area contributed by atoms with E-state index in [1.807, 2.05) is 6.92 Å². The average Bonchev–Trinajstić information content (AvgIpc) is 2.63. The number of rotatable bonds is 4. The van der Waals surface area contributed by atoms with Crippen LogP contribution in [-0.4, -0.2) is 24.0 Å². The molecule has 0 radical (unpaired) electrons. The summed E-state index contributed by atoms with van der Waals surface area (Å²) in [5, 5.41) is 1.05. The highest BCUT2D eigenvalue weighted by Gasteiger charge is 2.21. The van der Waals surface area contributed by atoms with E-state index >= 15 is 0 Å². The number of ketones is 1. The van der Waals surface area contributed by atoms with Gasteiger partial charge in [0.1, 0.15) is 0 Å². The van der Waals surface area contributed by atoms with Crippen LogP contribution in [0.25, 0.3) is 0 Å². The Morgan fingerprint density at radius 1 is 1.47 bits per heavy atom. The van der Waals surface area contributed by atoms with E-state index in [-0.39, 0.29) is 5.78 Å². The quantitative estimate of drug-likeness (QED) is 0.738. The van der Waals surface area contributed by atoms with Gasteiger partial charge in [0, 0.05) is 19.4 Å². The van der Waals surface area contributed by atoms with E-state index in [1.165, 1.54) is 0 Å². The number of hydrogen-bond donors (Lipinski definition) is 0. The van der Waals surface area contributed by atoms with Gasteiger partial charge in [-0.3, -0.25) is 4.79 Å². The zero-order valence-corrected chi connectivity index (χ0v) is 9.73. The highest BCUT2D eigenvalue weighted by atomic mass is 32.1. The fourth-order valence-corrected chi connectivity index (χ4v) is 2.79. The number of thiazole rings is 1. The third-order valence-corrected chi connectivity index (χ3v) is 3.68. The molecule has 0 spiro atoms. The molecule has 1 heterocycles. The maximum absolute atomic E-state index is 11.6. The van der Waals surface area contributed by atoms with Gasteiger partial charge in [0.05, 0.1) is 22.2 Å². The number of aryl methyl sites for hydroxylation is 1. The highest BCUT2D eigenvalue weighted by molar-refractivity contribution is 7.13. The van der Waals surface area contributed by atoms with Gasteiger partial charge < -0.3 is 4.74 Å². The van der Waals surface area contributed by atoms with Crippen molar-refractivity contribution >= 4 is 17.1 Å². The molecule has 0 aliphatic heterocycles. The summed E-state index contributed by atoms with van der Waals surface area (Å²) in [7, 11) is 0. The van der Waals surface area contributed by atoms with Crippen molar-refractivity contribution < 1.29 is 9.53 Å². The highest BCUT2D eigenvalue weighted by Crippen LogP contribution is 2.26. The molecule has 15 heavy (non-hydrogen) atoms. The summed E-state index contributed by atoms with van der Waals surface area (Å²) in [5.74, 6) is 0.274. The number of ether oxygens (including phenoxy) is 1. The van der Waals surface area contributed by atoms with Crippen molar-refractivity contribution in [3.05, 3.63) is 15.6 Å². The van der Waals surface area contributed by atoms with E-state index < -0.39 is 0 Å². The molecule has 1 aromatic heterocycles. The third-order valence-electron chi connectivity index (χ3n) is 2.48. The number of hydrogen-bond acceptors (Lipinski definition) is 4. The smallest absolute Gasteiger partial charge is 0.174 e. The molecule has 0 bridgehead atoms. The number of nitrogens with zero attached hydrogens (tertiary/aromatic N) is 1. The van der Waals surface area contributed by atoms with Crippen LogP contribution in [0.3, 0.4) is 0 Å². The minimum absolute atomic E-state index is 0.274. The van der Waals surface area contributed by atoms with Crippen molar-refractivity contribution in [1.82, 2.24) is 4.98 Å². The summed E-state index contributed by atoms with van der Waals surface area (Å²) in [6.45, 7) is 3.43. The Kier molecular flexibility index (Phi) is 3.49. The number of fused-ring (bicyclic) bond motifs is 1. The van der Waals surface area contributed by atoms with Crippen LogP contribution in [-0.2, 0) is 17.6 Å². The van der Waals surface area contributed by atoms with Gasteiger partial charge in [-0.1, -0.05) is 0 Å². The van der Waals surface area contributed by atoms with Crippen LogP contribution in [0.15, 0.2) is 0 Å². The van der Waals surface area contributed by atoms with Crippen LogP contribution in [0.4, 0.5) is 0 Å². The molecule has 0 unspecified atom stereocenters. The molecule has 0 amide bonds. The first-order valence-electron chi connectivity index (χ1n) is 5.40. The molecule has 2 rings (SSSR count). The van der Waals surface area contributed by atoms with E-state index in [4.69, 9.17) is 4.74 Å². The fourth-order valence-electron chi connectivity index (χ4n) is 1.73. The number of carbonyl (C=O) groups excluding carboxylic acids is 1. The Morgan fingerprint density at radius 3 is 3.07 bits per heavy atom. The number of aromatic nitrogens is 1. The largest absolute Gasteiger partial charge is 0.381 e. The van der Waals surface area contributed by atoms with Gasteiger partial charge in [-0.15, -0.1) is 11.3 Å². The summed E-state index contributed by atoms with van der Waals surface area (Å²) in [6.07, 6.45) is 3.45. The van der Waals surface area contributed by atoms with Crippen molar-refractivity contribution in [2.24, 2.45) is 0 Å². The molecular formula is C11H15NO2S. The summed E-state index contributed by atoms with van der Waals surface area (Å²) < 4.78 is 5.28. The molecule has 0 atom stereocenters. The molecule has 4 heteroatoms. The second-order valence-electron chi connectivity index (χ2n) is 3.61. The van der Waals surface area contributed by atoms with E-state index in [0.717, 1.165) is 41.4 Å². The fraction of sp³-hybridized carbons (Fsp3) is 0.636. The van der Waals surface area contributed by atoms with Crippen LogP contribution in [0.1, 0.15) is 40.1 Å². The predicted octanol–water partition coefficient (Wildman–Crippen LogP) is 2.24. The molecule has 0 aromatic carbocycles. The maximum atomic E-state index is 11.6. The first kappa shape index (κ1) is 10.8. The van der Waals surface area contributed by atoms with E-state index in [9.17, 15) is 4.79 Å². The molecule has 0 fully saturated rings. The SMILES string of the molecule is CCOCCc1nc2c(s1)C(=O)CCC2. The monoisotopic (exact) mass is 225 g/mol. The second kappa shape index (κ2) is 4.86. The van der Waals surface area contributed by atoms with Gasteiger partial charge in [0.25, 0.3) is 0 Å². The van der Waals surface area contributed by atoms with Crippen LogP contribution in [0.5, 0.6) is 0 Å². The van der Waals surface area contributed by atoms with E-state index in [2.05, 4.69) is 4.98 Å². The topological polar surface area (TPSA) is 39.2 Å². The first-order valence-corrected chi connectivity index (χ1v) is 6.22. The standard InChI is InChI=1S/C11H15NO2S/c1-2-14-7-6-10-12-8-4-3-5-9(13)11(8)15-10/h2-7H2,1H3. The zero-order chi connectivity index (χ0) is 10.7. The Morgan fingerprint density at radius 2 is 2.33 bits per heavy atom. The molecular weight excluding hydrogens is 210 g/mol. The van der Waals surface area contributed by atoms with Crippen molar-refractivity contribution in [1.29, 1.82) is 0 Å². The Hall–Kier alpha value is -0.740. The zero-order valence-electron chi connectivity index (χ0n) is 8.91. The molecule has 1 aliphatic carbocycles. The first-order chi connectivity index (χ1) is 7.31. The number of Topliss-reactive ketones (excluding diaryl/α,β-unsaturated/α-hetero) is 1. The lowest BCUT2D eigenvalue weighted by molar-refractivity contribution is 0.0976. The molecule has 1 aromatic rings. The predicted molar refractivity (Wildman–Crippen MR) is 59.6 cm³/mol. The molecule has 1 aliphatic rings. The summed E-state index contributed by atoms with van der Waals surface area (Å²) in [4.78, 5) is 17.0. The van der Waals surface area contributed by atoms with Crippen LogP contribution >= 0.6 is 11.3 Å². The van der Waals surface area contributed by atoms with Crippen molar-refractivity contribution in [2.75, 3.05) is 13.2 Å². The van der Waals surface area contributed by atoms with Gasteiger partial charge in [-0.2, -0.15) is 0 Å². The summed E-state index contributed by atoms with van der Waals surface area (Å²) in [6, 6.07) is 0. The lowest BCUT2D eigenvalue weighted by atomic mass is 10.0. The minimum Gasteiger partial charge on any atom is -0.381 e.